The van der Waals surface area contributed by atoms with E-state index in [1.165, 1.54) is 25.7 Å². The van der Waals surface area contributed by atoms with Gasteiger partial charge in [0.25, 0.3) is 0 Å². The van der Waals surface area contributed by atoms with Crippen LogP contribution in [0.15, 0.2) is 0 Å². The number of ether oxygens (including phenoxy) is 1. The lowest BCUT2D eigenvalue weighted by Crippen LogP contribution is -2.62. The van der Waals surface area contributed by atoms with Crippen molar-refractivity contribution in [3.05, 3.63) is 0 Å². The number of fused-ring (bicyclic) bond motifs is 5. The molecule has 5 heteroatoms. The van der Waals surface area contributed by atoms with Crippen LogP contribution in [0.2, 0.25) is 0 Å². The normalized spacial score (nSPS) is 47.8. The van der Waals surface area contributed by atoms with Crippen molar-refractivity contribution in [1.82, 2.24) is 0 Å². The third-order valence-electron chi connectivity index (χ3n) is 11.3. The summed E-state index contributed by atoms with van der Waals surface area (Å²) in [5.41, 5.74) is 0.470. The SMILES string of the molecule is CC[C@@H]1C2C[C@H](O)CC[C@]2(C)C2CC[C@@]3(C)C(CCC3[C@H](C)CCC(=O)OCCO)C2[C@@H]1O. The molecule has 0 bridgehead atoms. The fourth-order valence-corrected chi connectivity index (χ4v) is 9.71. The maximum atomic E-state index is 12.0. The molecule has 5 nitrogen and oxygen atoms in total. The van der Waals surface area contributed by atoms with Crippen LogP contribution in [0, 0.1) is 52.3 Å². The number of carbonyl (C=O) groups is 1. The molecule has 4 fully saturated rings. The molecule has 0 amide bonds. The van der Waals surface area contributed by atoms with Gasteiger partial charge in [-0.1, -0.05) is 34.1 Å². The third-order valence-corrected chi connectivity index (χ3v) is 11.3. The molecule has 3 N–H and O–H groups in total. The fraction of sp³-hybridized carbons (Fsp3) is 0.964. The highest BCUT2D eigenvalue weighted by Crippen LogP contribution is 2.69. The van der Waals surface area contributed by atoms with E-state index in [1.54, 1.807) is 0 Å². The van der Waals surface area contributed by atoms with Gasteiger partial charge in [0.1, 0.15) is 6.61 Å². The van der Waals surface area contributed by atoms with Gasteiger partial charge < -0.3 is 20.1 Å². The Kier molecular flexibility index (Phi) is 7.54. The van der Waals surface area contributed by atoms with Crippen molar-refractivity contribution in [2.75, 3.05) is 13.2 Å². The molecule has 4 aliphatic rings. The largest absolute Gasteiger partial charge is 0.463 e. The topological polar surface area (TPSA) is 87.0 Å². The number of hydrogen-bond acceptors (Lipinski definition) is 5. The molecule has 0 saturated heterocycles. The van der Waals surface area contributed by atoms with Crippen LogP contribution in [0.25, 0.3) is 0 Å². The molecule has 33 heavy (non-hydrogen) atoms. The van der Waals surface area contributed by atoms with E-state index in [-0.39, 0.29) is 42.2 Å². The Morgan fingerprint density at radius 1 is 1.03 bits per heavy atom. The molecule has 0 aromatic heterocycles. The van der Waals surface area contributed by atoms with Crippen LogP contribution in [0.1, 0.15) is 91.9 Å². The van der Waals surface area contributed by atoms with Gasteiger partial charge in [-0.2, -0.15) is 0 Å². The zero-order valence-corrected chi connectivity index (χ0v) is 21.3. The van der Waals surface area contributed by atoms with E-state index in [1.807, 2.05) is 0 Å². The van der Waals surface area contributed by atoms with Crippen LogP contribution < -0.4 is 0 Å². The van der Waals surface area contributed by atoms with E-state index in [4.69, 9.17) is 9.84 Å². The summed E-state index contributed by atoms with van der Waals surface area (Å²) in [6.45, 7) is 9.48. The Hall–Kier alpha value is -0.650. The first-order valence-corrected chi connectivity index (χ1v) is 13.8. The Labute approximate surface area is 200 Å². The van der Waals surface area contributed by atoms with Crippen molar-refractivity contribution < 1.29 is 24.9 Å². The first-order valence-electron chi connectivity index (χ1n) is 13.8. The average molecular weight is 465 g/mol. The first kappa shape index (κ1) is 25.4. The minimum Gasteiger partial charge on any atom is -0.463 e. The molecule has 0 aliphatic heterocycles. The highest BCUT2D eigenvalue weighted by atomic mass is 16.5. The third kappa shape index (κ3) is 4.29. The van der Waals surface area contributed by atoms with E-state index < -0.39 is 0 Å². The summed E-state index contributed by atoms with van der Waals surface area (Å²) < 4.78 is 5.07. The number of carbonyl (C=O) groups excluding carboxylic acids is 1. The molecule has 0 aromatic rings. The molecule has 190 valence electrons. The minimum atomic E-state index is -0.254. The number of aliphatic hydroxyl groups is 3. The highest BCUT2D eigenvalue weighted by Gasteiger charge is 2.64. The molecular weight excluding hydrogens is 416 g/mol. The van der Waals surface area contributed by atoms with E-state index in [0.717, 1.165) is 32.1 Å². The molecule has 0 aromatic carbocycles. The van der Waals surface area contributed by atoms with Crippen LogP contribution in [0.3, 0.4) is 0 Å². The van der Waals surface area contributed by atoms with E-state index >= 15 is 0 Å². The highest BCUT2D eigenvalue weighted by molar-refractivity contribution is 5.69. The number of esters is 1. The van der Waals surface area contributed by atoms with Gasteiger partial charge in [-0.05, 0) is 104 Å². The van der Waals surface area contributed by atoms with Gasteiger partial charge in [0.15, 0.2) is 0 Å². The molecule has 0 spiro atoms. The summed E-state index contributed by atoms with van der Waals surface area (Å²) in [6.07, 6.45) is 9.48. The van der Waals surface area contributed by atoms with Crippen molar-refractivity contribution in [2.24, 2.45) is 52.3 Å². The van der Waals surface area contributed by atoms with E-state index in [2.05, 4.69) is 27.7 Å². The predicted octanol–water partition coefficient (Wildman–Crippen LogP) is 4.56. The Morgan fingerprint density at radius 2 is 1.73 bits per heavy atom. The van der Waals surface area contributed by atoms with Crippen molar-refractivity contribution in [2.45, 2.75) is 104 Å². The van der Waals surface area contributed by atoms with E-state index in [9.17, 15) is 15.0 Å². The van der Waals surface area contributed by atoms with Gasteiger partial charge in [-0.25, -0.2) is 0 Å². The monoisotopic (exact) mass is 464 g/mol. The fourth-order valence-electron chi connectivity index (χ4n) is 9.71. The zero-order valence-electron chi connectivity index (χ0n) is 21.3. The predicted molar refractivity (Wildman–Crippen MR) is 128 cm³/mol. The standard InChI is InChI=1S/C28H48O5/c1-5-19-23-16-18(30)10-12-28(23,4)22-11-13-27(3)20(7-8-21(27)25(22)26(19)32)17(2)6-9-24(31)33-15-14-29/h17-23,25-26,29-30,32H,5-16H2,1-4H3/t17-,18-,19-,20?,21?,22?,23?,25?,26-,27-,28-/m1/s1. The molecule has 5 unspecified atom stereocenters. The van der Waals surface area contributed by atoms with Crippen LogP contribution in [-0.2, 0) is 9.53 Å². The summed E-state index contributed by atoms with van der Waals surface area (Å²) in [7, 11) is 0. The second kappa shape index (κ2) is 9.78. The second-order valence-corrected chi connectivity index (χ2v) is 12.6. The zero-order chi connectivity index (χ0) is 24.0. The van der Waals surface area contributed by atoms with Gasteiger partial charge in [0.05, 0.1) is 18.8 Å². The smallest absolute Gasteiger partial charge is 0.305 e. The van der Waals surface area contributed by atoms with Gasteiger partial charge >= 0.3 is 5.97 Å². The van der Waals surface area contributed by atoms with Crippen LogP contribution in [-0.4, -0.2) is 46.7 Å². The lowest BCUT2D eigenvalue weighted by atomic mass is 9.41. The van der Waals surface area contributed by atoms with Crippen molar-refractivity contribution >= 4 is 5.97 Å². The summed E-state index contributed by atoms with van der Waals surface area (Å²) in [6, 6.07) is 0. The van der Waals surface area contributed by atoms with Crippen molar-refractivity contribution in [3.8, 4) is 0 Å². The molecule has 11 atom stereocenters. The summed E-state index contributed by atoms with van der Waals surface area (Å²) >= 11 is 0. The molecular formula is C28H48O5. The lowest BCUT2D eigenvalue weighted by Gasteiger charge is -2.64. The number of rotatable bonds is 7. The van der Waals surface area contributed by atoms with Gasteiger partial charge in [-0.3, -0.25) is 4.79 Å². The van der Waals surface area contributed by atoms with Gasteiger partial charge in [-0.15, -0.1) is 0 Å². The summed E-state index contributed by atoms with van der Waals surface area (Å²) in [5.74, 6) is 3.06. The van der Waals surface area contributed by atoms with Crippen molar-refractivity contribution in [3.63, 3.8) is 0 Å². The Balaban J connectivity index is 1.52. The van der Waals surface area contributed by atoms with Crippen molar-refractivity contribution in [1.29, 1.82) is 0 Å². The molecule has 4 rings (SSSR count). The number of hydrogen-bond donors (Lipinski definition) is 3. The molecule has 0 heterocycles. The second-order valence-electron chi connectivity index (χ2n) is 12.6. The van der Waals surface area contributed by atoms with Crippen LogP contribution >= 0.6 is 0 Å². The van der Waals surface area contributed by atoms with E-state index in [0.29, 0.717) is 47.8 Å². The number of aliphatic hydroxyl groups excluding tert-OH is 3. The molecule has 4 aliphatic carbocycles. The maximum absolute atomic E-state index is 12.0. The average Bonchev–Trinajstić information content (AvgIpc) is 3.14. The summed E-state index contributed by atoms with van der Waals surface area (Å²) in [4.78, 5) is 12.0. The van der Waals surface area contributed by atoms with Gasteiger partial charge in [0.2, 0.25) is 0 Å². The Morgan fingerprint density at radius 3 is 2.42 bits per heavy atom. The van der Waals surface area contributed by atoms with Crippen LogP contribution in [0.5, 0.6) is 0 Å². The van der Waals surface area contributed by atoms with Gasteiger partial charge in [0, 0.05) is 6.42 Å². The van der Waals surface area contributed by atoms with Crippen LogP contribution in [0.4, 0.5) is 0 Å². The maximum Gasteiger partial charge on any atom is 0.305 e. The minimum absolute atomic E-state index is 0.0901. The first-order chi connectivity index (χ1) is 15.7. The molecule has 0 radical (unpaired) electrons. The quantitative estimate of drug-likeness (QED) is 0.481. The lowest BCUT2D eigenvalue weighted by molar-refractivity contribution is -0.203. The molecule has 4 saturated carbocycles. The summed E-state index contributed by atoms with van der Waals surface area (Å²) in [5, 5.41) is 31.1. The Bertz CT molecular complexity index is 696.